The molecule has 0 aliphatic rings. The van der Waals surface area contributed by atoms with Gasteiger partial charge < -0.3 is 16.4 Å². The monoisotopic (exact) mass is 207 g/mol. The Morgan fingerprint density at radius 3 is 2.73 bits per heavy atom. The number of carbonyl (C=O) groups is 1. The summed E-state index contributed by atoms with van der Waals surface area (Å²) < 4.78 is 0. The average molecular weight is 207 g/mol. The van der Waals surface area contributed by atoms with E-state index >= 15 is 0 Å². The van der Waals surface area contributed by atoms with Crippen molar-refractivity contribution in [2.75, 3.05) is 11.9 Å². The normalized spacial score (nSPS) is 12.2. The van der Waals surface area contributed by atoms with Crippen LogP contribution in [0.25, 0.3) is 0 Å². The molecule has 1 aromatic rings. The molecule has 0 saturated heterocycles. The molecule has 1 unspecified atom stereocenters. The molecule has 0 aliphatic heterocycles. The number of likely N-dealkylation sites (N-methyl/N-ethyl adjacent to an activating group) is 1. The van der Waals surface area contributed by atoms with E-state index in [9.17, 15) is 4.79 Å². The summed E-state index contributed by atoms with van der Waals surface area (Å²) in [6.07, 6.45) is 0. The highest BCUT2D eigenvalue weighted by Gasteiger charge is 2.14. The van der Waals surface area contributed by atoms with Gasteiger partial charge in [0.05, 0.1) is 0 Å². The topological polar surface area (TPSA) is 72.4 Å². The van der Waals surface area contributed by atoms with Crippen molar-refractivity contribution in [3.05, 3.63) is 29.8 Å². The standard InChI is InChI=1S/C11H17N3O/c1-8(11(13)15)14(2)10-5-3-4-9(6-10)7-12/h3-6,8H,7,12H2,1-2H3,(H2,13,15). The molecule has 0 fully saturated rings. The van der Waals surface area contributed by atoms with Gasteiger partial charge in [-0.15, -0.1) is 0 Å². The molecule has 1 amide bonds. The van der Waals surface area contributed by atoms with Crippen LogP contribution in [0.4, 0.5) is 5.69 Å². The second-order valence-corrected chi connectivity index (χ2v) is 3.56. The van der Waals surface area contributed by atoms with Crippen molar-refractivity contribution in [1.29, 1.82) is 0 Å². The first-order valence-corrected chi connectivity index (χ1v) is 4.87. The molecule has 0 radical (unpaired) electrons. The van der Waals surface area contributed by atoms with Crippen LogP contribution in [0.5, 0.6) is 0 Å². The minimum Gasteiger partial charge on any atom is -0.368 e. The van der Waals surface area contributed by atoms with Gasteiger partial charge in [-0.3, -0.25) is 4.79 Å². The second-order valence-electron chi connectivity index (χ2n) is 3.56. The molecule has 0 aromatic heterocycles. The zero-order valence-corrected chi connectivity index (χ0v) is 9.10. The number of carbonyl (C=O) groups excluding carboxylic acids is 1. The molecule has 4 N–H and O–H groups in total. The summed E-state index contributed by atoms with van der Waals surface area (Å²) >= 11 is 0. The molecule has 0 heterocycles. The average Bonchev–Trinajstić information content (AvgIpc) is 2.27. The van der Waals surface area contributed by atoms with Gasteiger partial charge in [0.1, 0.15) is 6.04 Å². The Bertz CT molecular complexity index is 351. The molecule has 0 aliphatic carbocycles. The number of anilines is 1. The lowest BCUT2D eigenvalue weighted by molar-refractivity contribution is -0.118. The smallest absolute Gasteiger partial charge is 0.239 e. The summed E-state index contributed by atoms with van der Waals surface area (Å²) in [5.41, 5.74) is 12.8. The van der Waals surface area contributed by atoms with Crippen LogP contribution in [-0.4, -0.2) is 19.0 Å². The highest BCUT2D eigenvalue weighted by Crippen LogP contribution is 2.16. The van der Waals surface area contributed by atoms with Gasteiger partial charge in [-0.25, -0.2) is 0 Å². The number of nitrogens with two attached hydrogens (primary N) is 2. The van der Waals surface area contributed by atoms with Crippen molar-refractivity contribution in [3.63, 3.8) is 0 Å². The van der Waals surface area contributed by atoms with Gasteiger partial charge >= 0.3 is 0 Å². The lowest BCUT2D eigenvalue weighted by Crippen LogP contribution is -2.40. The molecular formula is C11H17N3O. The van der Waals surface area contributed by atoms with E-state index in [1.54, 1.807) is 6.92 Å². The third kappa shape index (κ3) is 2.70. The van der Waals surface area contributed by atoms with E-state index < -0.39 is 0 Å². The molecule has 82 valence electrons. The van der Waals surface area contributed by atoms with Gasteiger partial charge in [0.15, 0.2) is 0 Å². The Balaban J connectivity index is 2.90. The quantitative estimate of drug-likeness (QED) is 0.753. The van der Waals surface area contributed by atoms with Crippen LogP contribution in [-0.2, 0) is 11.3 Å². The number of hydrogen-bond acceptors (Lipinski definition) is 3. The third-order valence-corrected chi connectivity index (χ3v) is 2.55. The van der Waals surface area contributed by atoms with Gasteiger partial charge in [0.25, 0.3) is 0 Å². The van der Waals surface area contributed by atoms with Crippen molar-refractivity contribution in [2.45, 2.75) is 19.5 Å². The fraction of sp³-hybridized carbons (Fsp3) is 0.364. The van der Waals surface area contributed by atoms with Crippen LogP contribution in [0, 0.1) is 0 Å². The van der Waals surface area contributed by atoms with E-state index in [-0.39, 0.29) is 11.9 Å². The molecule has 4 nitrogen and oxygen atoms in total. The fourth-order valence-electron chi connectivity index (χ4n) is 1.32. The predicted molar refractivity (Wildman–Crippen MR) is 61.4 cm³/mol. The summed E-state index contributed by atoms with van der Waals surface area (Å²) in [5.74, 6) is -0.337. The minimum absolute atomic E-state index is 0.321. The molecule has 15 heavy (non-hydrogen) atoms. The Kier molecular flexibility index (Phi) is 3.68. The number of primary amides is 1. The Hall–Kier alpha value is -1.55. The summed E-state index contributed by atoms with van der Waals surface area (Å²) in [7, 11) is 1.84. The molecule has 1 aromatic carbocycles. The fourth-order valence-corrected chi connectivity index (χ4v) is 1.32. The lowest BCUT2D eigenvalue weighted by atomic mass is 10.1. The highest BCUT2D eigenvalue weighted by atomic mass is 16.1. The number of rotatable bonds is 4. The lowest BCUT2D eigenvalue weighted by Gasteiger charge is -2.24. The van der Waals surface area contributed by atoms with E-state index in [1.807, 2.05) is 36.2 Å². The van der Waals surface area contributed by atoms with Crippen molar-refractivity contribution in [3.8, 4) is 0 Å². The van der Waals surface area contributed by atoms with Crippen LogP contribution in [0.2, 0.25) is 0 Å². The number of nitrogens with zero attached hydrogens (tertiary/aromatic N) is 1. The van der Waals surface area contributed by atoms with Crippen LogP contribution in [0.1, 0.15) is 12.5 Å². The molecule has 0 saturated carbocycles. The summed E-state index contributed by atoms with van der Waals surface area (Å²) in [6.45, 7) is 2.27. The Labute approximate surface area is 89.9 Å². The maximum absolute atomic E-state index is 11.0. The molecule has 4 heteroatoms. The summed E-state index contributed by atoms with van der Waals surface area (Å²) in [6, 6.07) is 7.43. The van der Waals surface area contributed by atoms with E-state index in [4.69, 9.17) is 11.5 Å². The molecular weight excluding hydrogens is 190 g/mol. The third-order valence-electron chi connectivity index (χ3n) is 2.55. The molecule has 1 rings (SSSR count). The largest absolute Gasteiger partial charge is 0.368 e. The van der Waals surface area contributed by atoms with Gasteiger partial charge in [0.2, 0.25) is 5.91 Å². The molecule has 0 bridgehead atoms. The van der Waals surface area contributed by atoms with Crippen molar-refractivity contribution in [2.24, 2.45) is 11.5 Å². The molecule has 0 spiro atoms. The van der Waals surface area contributed by atoms with Crippen molar-refractivity contribution in [1.82, 2.24) is 0 Å². The summed E-state index contributed by atoms with van der Waals surface area (Å²) in [5, 5.41) is 0. The van der Waals surface area contributed by atoms with E-state index in [0.29, 0.717) is 6.54 Å². The van der Waals surface area contributed by atoms with E-state index in [2.05, 4.69) is 0 Å². The number of amides is 1. The van der Waals surface area contributed by atoms with E-state index in [1.165, 1.54) is 0 Å². The number of benzene rings is 1. The van der Waals surface area contributed by atoms with Crippen LogP contribution < -0.4 is 16.4 Å². The van der Waals surface area contributed by atoms with Gasteiger partial charge in [0, 0.05) is 19.3 Å². The molecule has 1 atom stereocenters. The minimum atomic E-state index is -0.337. The zero-order chi connectivity index (χ0) is 11.4. The Morgan fingerprint density at radius 1 is 1.53 bits per heavy atom. The Morgan fingerprint density at radius 2 is 2.20 bits per heavy atom. The van der Waals surface area contributed by atoms with E-state index in [0.717, 1.165) is 11.3 Å². The predicted octanol–water partition coefficient (Wildman–Crippen LogP) is 0.455. The first-order valence-electron chi connectivity index (χ1n) is 4.87. The number of hydrogen-bond donors (Lipinski definition) is 2. The van der Waals surface area contributed by atoms with Gasteiger partial charge in [-0.1, -0.05) is 12.1 Å². The van der Waals surface area contributed by atoms with Crippen molar-refractivity contribution < 1.29 is 4.79 Å². The second kappa shape index (κ2) is 4.79. The SMILES string of the molecule is CC(C(N)=O)N(C)c1cccc(CN)c1. The maximum Gasteiger partial charge on any atom is 0.239 e. The van der Waals surface area contributed by atoms with Crippen LogP contribution in [0.15, 0.2) is 24.3 Å². The first kappa shape index (κ1) is 11.5. The highest BCUT2D eigenvalue weighted by molar-refractivity contribution is 5.83. The van der Waals surface area contributed by atoms with Crippen molar-refractivity contribution >= 4 is 11.6 Å². The summed E-state index contributed by atoms with van der Waals surface area (Å²) in [4.78, 5) is 12.9. The first-order chi connectivity index (χ1) is 7.06. The van der Waals surface area contributed by atoms with Gasteiger partial charge in [-0.2, -0.15) is 0 Å². The van der Waals surface area contributed by atoms with Crippen LogP contribution in [0.3, 0.4) is 0 Å². The maximum atomic E-state index is 11.0. The van der Waals surface area contributed by atoms with Gasteiger partial charge in [-0.05, 0) is 24.6 Å². The van der Waals surface area contributed by atoms with Crippen LogP contribution >= 0.6 is 0 Å². The zero-order valence-electron chi connectivity index (χ0n) is 9.10.